The van der Waals surface area contributed by atoms with Gasteiger partial charge < -0.3 is 10.6 Å². The van der Waals surface area contributed by atoms with Gasteiger partial charge in [-0.2, -0.15) is 0 Å². The molecular weight excluding hydrogens is 376 g/mol. The third-order valence-corrected chi connectivity index (χ3v) is 5.72. The highest BCUT2D eigenvalue weighted by atomic mass is 15.1. The van der Waals surface area contributed by atoms with Crippen molar-refractivity contribution in [2.75, 3.05) is 0 Å². The van der Waals surface area contributed by atoms with Crippen LogP contribution in [-0.4, -0.2) is 6.04 Å². The van der Waals surface area contributed by atoms with Crippen molar-refractivity contribution in [1.29, 1.82) is 0 Å². The molecule has 0 radical (unpaired) electrons. The average Bonchev–Trinajstić information content (AvgIpc) is 2.83. The molecule has 0 aromatic heterocycles. The first-order valence-corrected chi connectivity index (χ1v) is 11.1. The molecule has 0 bridgehead atoms. The quantitative estimate of drug-likeness (QED) is 0.335. The first-order valence-electron chi connectivity index (χ1n) is 11.1. The van der Waals surface area contributed by atoms with Gasteiger partial charge >= 0.3 is 0 Å². The Hall–Kier alpha value is -2.94. The molecule has 0 fully saturated rings. The molecule has 160 valence electrons. The topological polar surface area (TPSA) is 24.1 Å². The molecule has 0 heterocycles. The van der Waals surface area contributed by atoms with E-state index >= 15 is 0 Å². The van der Waals surface area contributed by atoms with Gasteiger partial charge in [0.1, 0.15) is 0 Å². The van der Waals surface area contributed by atoms with Crippen molar-refractivity contribution >= 4 is 0 Å². The van der Waals surface area contributed by atoms with Gasteiger partial charge in [0.25, 0.3) is 0 Å². The molecule has 0 aliphatic heterocycles. The van der Waals surface area contributed by atoms with Crippen LogP contribution in [0, 0.1) is 0 Å². The molecule has 0 saturated heterocycles. The van der Waals surface area contributed by atoms with Gasteiger partial charge in [-0.3, -0.25) is 0 Å². The van der Waals surface area contributed by atoms with Crippen LogP contribution < -0.4 is 10.6 Å². The van der Waals surface area contributed by atoms with Gasteiger partial charge in [-0.1, -0.05) is 116 Å². The third-order valence-electron chi connectivity index (χ3n) is 5.72. The molecule has 2 N–H and O–H groups in total. The summed E-state index contributed by atoms with van der Waals surface area (Å²) >= 11 is 0. The first kappa shape index (κ1) is 22.7. The van der Waals surface area contributed by atoms with Crippen LogP contribution in [0.4, 0.5) is 0 Å². The number of hydrogen-bond acceptors (Lipinski definition) is 2. The molecule has 3 rings (SSSR count). The lowest BCUT2D eigenvalue weighted by Gasteiger charge is -2.34. The second kappa shape index (κ2) is 12.0. The van der Waals surface area contributed by atoms with E-state index in [0.29, 0.717) is 0 Å². The van der Waals surface area contributed by atoms with Crippen molar-refractivity contribution in [2.45, 2.75) is 44.4 Å². The molecule has 3 aromatic rings. The number of rotatable bonds is 11. The second-order valence-corrected chi connectivity index (χ2v) is 7.99. The average molecular weight is 411 g/mol. The molecule has 0 amide bonds. The Morgan fingerprint density at radius 3 is 1.61 bits per heavy atom. The van der Waals surface area contributed by atoms with Crippen LogP contribution in [0.3, 0.4) is 0 Å². The maximum atomic E-state index is 3.91. The smallest absolute Gasteiger partial charge is 0.0483 e. The highest BCUT2D eigenvalue weighted by molar-refractivity contribution is 5.25. The SMILES string of the molecule is C=C/C=C/CC(NC(C)c1ccccc1)C(NC(C)c1ccccc1)c1ccccc1. The molecule has 0 aliphatic carbocycles. The maximum Gasteiger partial charge on any atom is 0.0483 e. The van der Waals surface area contributed by atoms with Crippen LogP contribution in [0.25, 0.3) is 0 Å². The summed E-state index contributed by atoms with van der Waals surface area (Å²) in [6.45, 7) is 8.31. The minimum Gasteiger partial charge on any atom is -0.305 e. The summed E-state index contributed by atoms with van der Waals surface area (Å²) in [7, 11) is 0. The summed E-state index contributed by atoms with van der Waals surface area (Å²) in [6.07, 6.45) is 6.98. The Morgan fingerprint density at radius 2 is 1.13 bits per heavy atom. The van der Waals surface area contributed by atoms with E-state index in [1.54, 1.807) is 0 Å². The number of benzene rings is 3. The molecule has 0 aliphatic rings. The lowest BCUT2D eigenvalue weighted by molar-refractivity contribution is 0.328. The predicted molar refractivity (Wildman–Crippen MR) is 133 cm³/mol. The highest BCUT2D eigenvalue weighted by Crippen LogP contribution is 2.26. The lowest BCUT2D eigenvalue weighted by atomic mass is 9.93. The lowest BCUT2D eigenvalue weighted by Crippen LogP contribution is -2.43. The summed E-state index contributed by atoms with van der Waals surface area (Å²) in [4.78, 5) is 0. The molecule has 4 atom stereocenters. The zero-order chi connectivity index (χ0) is 21.9. The van der Waals surface area contributed by atoms with Gasteiger partial charge in [-0.15, -0.1) is 0 Å². The van der Waals surface area contributed by atoms with Gasteiger partial charge in [0.2, 0.25) is 0 Å². The number of hydrogen-bond donors (Lipinski definition) is 2. The molecule has 2 nitrogen and oxygen atoms in total. The number of nitrogens with one attached hydrogen (secondary N) is 2. The fourth-order valence-electron chi connectivity index (χ4n) is 3.99. The van der Waals surface area contributed by atoms with Crippen LogP contribution in [0.1, 0.15) is 55.1 Å². The molecule has 31 heavy (non-hydrogen) atoms. The largest absolute Gasteiger partial charge is 0.305 e. The minimum absolute atomic E-state index is 0.150. The molecule has 0 saturated carbocycles. The summed E-state index contributed by atoms with van der Waals surface area (Å²) in [5.41, 5.74) is 3.87. The van der Waals surface area contributed by atoms with Gasteiger partial charge in [-0.05, 0) is 37.0 Å². The van der Waals surface area contributed by atoms with E-state index in [4.69, 9.17) is 0 Å². The minimum atomic E-state index is 0.150. The van der Waals surface area contributed by atoms with Crippen LogP contribution in [0.15, 0.2) is 116 Å². The zero-order valence-corrected chi connectivity index (χ0v) is 18.6. The Balaban J connectivity index is 1.89. The van der Waals surface area contributed by atoms with Gasteiger partial charge in [-0.25, -0.2) is 0 Å². The second-order valence-electron chi connectivity index (χ2n) is 7.99. The zero-order valence-electron chi connectivity index (χ0n) is 18.6. The van der Waals surface area contributed by atoms with E-state index in [0.717, 1.165) is 6.42 Å². The van der Waals surface area contributed by atoms with Gasteiger partial charge in [0, 0.05) is 24.2 Å². The maximum absolute atomic E-state index is 3.91. The molecule has 3 aromatic carbocycles. The fourth-order valence-corrected chi connectivity index (χ4v) is 3.99. The van der Waals surface area contributed by atoms with E-state index in [-0.39, 0.29) is 24.2 Å². The van der Waals surface area contributed by atoms with Crippen LogP contribution in [0.5, 0.6) is 0 Å². The van der Waals surface area contributed by atoms with E-state index in [2.05, 4.69) is 128 Å². The predicted octanol–water partition coefficient (Wildman–Crippen LogP) is 6.93. The van der Waals surface area contributed by atoms with Gasteiger partial charge in [0.15, 0.2) is 0 Å². The van der Waals surface area contributed by atoms with E-state index in [1.165, 1.54) is 16.7 Å². The van der Waals surface area contributed by atoms with Gasteiger partial charge in [0.05, 0.1) is 0 Å². The van der Waals surface area contributed by atoms with Crippen molar-refractivity contribution < 1.29 is 0 Å². The van der Waals surface area contributed by atoms with Crippen molar-refractivity contribution in [3.8, 4) is 0 Å². The fraction of sp³-hybridized carbons (Fsp3) is 0.241. The standard InChI is InChI=1S/C29H34N2/c1-4-5-9-22-28(30-23(2)25-16-10-6-11-17-25)29(27-20-14-8-15-21-27)31-24(3)26-18-12-7-13-19-26/h4-21,23-24,28-31H,1,22H2,2-3H3/b9-5+. The van der Waals surface area contributed by atoms with Crippen LogP contribution in [0.2, 0.25) is 0 Å². The highest BCUT2D eigenvalue weighted by Gasteiger charge is 2.25. The van der Waals surface area contributed by atoms with Crippen molar-refractivity contribution in [2.24, 2.45) is 0 Å². The van der Waals surface area contributed by atoms with Crippen molar-refractivity contribution in [1.82, 2.24) is 10.6 Å². The van der Waals surface area contributed by atoms with Crippen LogP contribution >= 0.6 is 0 Å². The van der Waals surface area contributed by atoms with E-state index in [1.807, 2.05) is 12.2 Å². The first-order chi connectivity index (χ1) is 15.2. The van der Waals surface area contributed by atoms with E-state index in [9.17, 15) is 0 Å². The Labute approximate surface area is 187 Å². The van der Waals surface area contributed by atoms with Crippen molar-refractivity contribution in [3.05, 3.63) is 132 Å². The van der Waals surface area contributed by atoms with Crippen LogP contribution in [-0.2, 0) is 0 Å². The monoisotopic (exact) mass is 410 g/mol. The third kappa shape index (κ3) is 6.78. The summed E-state index contributed by atoms with van der Waals surface area (Å²) in [6, 6.07) is 32.9. The Kier molecular flexibility index (Phi) is 8.84. The molecule has 4 unspecified atom stereocenters. The molecule has 2 heteroatoms. The Bertz CT molecular complexity index is 919. The summed E-state index contributed by atoms with van der Waals surface area (Å²) in [5.74, 6) is 0. The van der Waals surface area contributed by atoms with Crippen molar-refractivity contribution in [3.63, 3.8) is 0 Å². The normalized spacial score (nSPS) is 15.3. The number of allylic oxidation sites excluding steroid dienone is 2. The summed E-state index contributed by atoms with van der Waals surface area (Å²) < 4.78 is 0. The molecular formula is C29H34N2. The summed E-state index contributed by atoms with van der Waals surface area (Å²) in [5, 5.41) is 7.81. The molecule has 0 spiro atoms. The van der Waals surface area contributed by atoms with E-state index < -0.39 is 0 Å². The Morgan fingerprint density at radius 1 is 0.677 bits per heavy atom.